The predicted octanol–water partition coefficient (Wildman–Crippen LogP) is 2.43. The van der Waals surface area contributed by atoms with Gasteiger partial charge in [-0.05, 0) is 25.0 Å². The number of hydrogen-bond acceptors (Lipinski definition) is 2. The summed E-state index contributed by atoms with van der Waals surface area (Å²) in [7, 11) is 0. The summed E-state index contributed by atoms with van der Waals surface area (Å²) in [6, 6.07) is 5.76. The number of H-pyrrole nitrogens is 1. The molecule has 0 bridgehead atoms. The number of benzene rings is 1. The SMILES string of the molecule is Cc1ccc2nc(CC(C)C)[nH]c(=O)c2c1. The van der Waals surface area contributed by atoms with E-state index in [0.717, 1.165) is 23.3 Å². The average molecular weight is 216 g/mol. The molecule has 0 unspecified atom stereocenters. The largest absolute Gasteiger partial charge is 0.310 e. The summed E-state index contributed by atoms with van der Waals surface area (Å²) in [5, 5.41) is 0.674. The highest BCUT2D eigenvalue weighted by Crippen LogP contribution is 2.10. The van der Waals surface area contributed by atoms with E-state index in [-0.39, 0.29) is 5.56 Å². The summed E-state index contributed by atoms with van der Waals surface area (Å²) in [6.07, 6.45) is 0.805. The minimum absolute atomic E-state index is 0.0376. The summed E-state index contributed by atoms with van der Waals surface area (Å²) in [6.45, 7) is 6.19. The Bertz CT molecular complexity index is 570. The summed E-state index contributed by atoms with van der Waals surface area (Å²) in [5.41, 5.74) is 1.82. The third kappa shape index (κ3) is 2.13. The molecule has 0 atom stereocenters. The van der Waals surface area contributed by atoms with Crippen molar-refractivity contribution in [2.75, 3.05) is 0 Å². The van der Waals surface area contributed by atoms with E-state index in [1.165, 1.54) is 0 Å². The smallest absolute Gasteiger partial charge is 0.258 e. The van der Waals surface area contributed by atoms with Crippen LogP contribution in [-0.2, 0) is 6.42 Å². The van der Waals surface area contributed by atoms with Gasteiger partial charge in [0.25, 0.3) is 5.56 Å². The zero-order chi connectivity index (χ0) is 11.7. The quantitative estimate of drug-likeness (QED) is 0.838. The third-order valence-electron chi connectivity index (χ3n) is 2.51. The maximum absolute atomic E-state index is 11.8. The number of aromatic amines is 1. The summed E-state index contributed by atoms with van der Waals surface area (Å²) < 4.78 is 0. The first-order chi connectivity index (χ1) is 7.56. The maximum Gasteiger partial charge on any atom is 0.258 e. The third-order valence-corrected chi connectivity index (χ3v) is 2.51. The number of fused-ring (bicyclic) bond motifs is 1. The van der Waals surface area contributed by atoms with Crippen LogP contribution in [0.4, 0.5) is 0 Å². The number of aromatic nitrogens is 2. The first kappa shape index (κ1) is 10.9. The maximum atomic E-state index is 11.8. The average Bonchev–Trinajstić information content (AvgIpc) is 2.18. The van der Waals surface area contributed by atoms with Gasteiger partial charge in [0.2, 0.25) is 0 Å². The molecule has 3 heteroatoms. The predicted molar refractivity (Wildman–Crippen MR) is 65.6 cm³/mol. The van der Waals surface area contributed by atoms with Crippen LogP contribution in [0.5, 0.6) is 0 Å². The van der Waals surface area contributed by atoms with E-state index in [0.29, 0.717) is 11.3 Å². The van der Waals surface area contributed by atoms with Gasteiger partial charge in [0.15, 0.2) is 0 Å². The highest BCUT2D eigenvalue weighted by molar-refractivity contribution is 5.78. The molecule has 0 spiro atoms. The molecule has 2 rings (SSSR count). The molecule has 16 heavy (non-hydrogen) atoms. The van der Waals surface area contributed by atoms with Crippen LogP contribution in [-0.4, -0.2) is 9.97 Å². The molecule has 0 amide bonds. The van der Waals surface area contributed by atoms with E-state index in [2.05, 4.69) is 23.8 Å². The molecule has 1 heterocycles. The van der Waals surface area contributed by atoms with E-state index in [1.54, 1.807) is 0 Å². The number of nitrogens with zero attached hydrogens (tertiary/aromatic N) is 1. The molecule has 0 aliphatic rings. The minimum atomic E-state index is -0.0376. The Morgan fingerprint density at radius 3 is 2.81 bits per heavy atom. The van der Waals surface area contributed by atoms with Gasteiger partial charge in [0.05, 0.1) is 10.9 Å². The fraction of sp³-hybridized carbons (Fsp3) is 0.385. The summed E-state index contributed by atoms with van der Waals surface area (Å²) in [5.74, 6) is 1.27. The molecule has 0 radical (unpaired) electrons. The fourth-order valence-electron chi connectivity index (χ4n) is 1.78. The van der Waals surface area contributed by atoms with Crippen molar-refractivity contribution in [3.8, 4) is 0 Å². The highest BCUT2D eigenvalue weighted by Gasteiger charge is 2.05. The lowest BCUT2D eigenvalue weighted by atomic mass is 10.1. The standard InChI is InChI=1S/C13H16N2O/c1-8(2)6-12-14-11-5-4-9(3)7-10(11)13(16)15-12/h4-5,7-8H,6H2,1-3H3,(H,14,15,16). The molecular weight excluding hydrogens is 200 g/mol. The van der Waals surface area contributed by atoms with Crippen molar-refractivity contribution < 1.29 is 0 Å². The van der Waals surface area contributed by atoms with Crippen molar-refractivity contribution in [2.45, 2.75) is 27.2 Å². The van der Waals surface area contributed by atoms with Crippen LogP contribution in [0.15, 0.2) is 23.0 Å². The van der Waals surface area contributed by atoms with Gasteiger partial charge in [-0.3, -0.25) is 4.79 Å². The second-order valence-corrected chi connectivity index (χ2v) is 4.63. The van der Waals surface area contributed by atoms with Crippen molar-refractivity contribution in [1.82, 2.24) is 9.97 Å². The topological polar surface area (TPSA) is 45.8 Å². The van der Waals surface area contributed by atoms with E-state index < -0.39 is 0 Å². The van der Waals surface area contributed by atoms with Crippen LogP contribution in [0.25, 0.3) is 10.9 Å². The van der Waals surface area contributed by atoms with Crippen LogP contribution < -0.4 is 5.56 Å². The van der Waals surface area contributed by atoms with E-state index in [9.17, 15) is 4.79 Å². The first-order valence-corrected chi connectivity index (χ1v) is 5.56. The number of hydrogen-bond donors (Lipinski definition) is 1. The van der Waals surface area contributed by atoms with E-state index >= 15 is 0 Å². The Labute approximate surface area is 94.5 Å². The Morgan fingerprint density at radius 1 is 1.38 bits per heavy atom. The van der Waals surface area contributed by atoms with Crippen LogP contribution >= 0.6 is 0 Å². The van der Waals surface area contributed by atoms with E-state index in [4.69, 9.17) is 0 Å². The molecule has 1 aromatic carbocycles. The lowest BCUT2D eigenvalue weighted by Crippen LogP contribution is -2.13. The molecule has 1 aromatic heterocycles. The monoisotopic (exact) mass is 216 g/mol. The van der Waals surface area contributed by atoms with E-state index in [1.807, 2.05) is 25.1 Å². The normalized spacial score (nSPS) is 11.2. The van der Waals surface area contributed by atoms with Gasteiger partial charge in [-0.15, -0.1) is 0 Å². The first-order valence-electron chi connectivity index (χ1n) is 5.56. The van der Waals surface area contributed by atoms with Crippen molar-refractivity contribution in [3.05, 3.63) is 39.9 Å². The zero-order valence-electron chi connectivity index (χ0n) is 9.87. The Kier molecular flexibility index (Phi) is 2.77. The molecular formula is C13H16N2O. The van der Waals surface area contributed by atoms with Gasteiger partial charge in [-0.1, -0.05) is 25.5 Å². The van der Waals surface area contributed by atoms with Crippen molar-refractivity contribution in [2.24, 2.45) is 5.92 Å². The van der Waals surface area contributed by atoms with Crippen LogP contribution in [0, 0.1) is 12.8 Å². The second kappa shape index (κ2) is 4.08. The molecule has 0 aliphatic heterocycles. The van der Waals surface area contributed by atoms with Crippen molar-refractivity contribution in [1.29, 1.82) is 0 Å². The molecule has 0 fully saturated rings. The van der Waals surface area contributed by atoms with Gasteiger partial charge in [0.1, 0.15) is 5.82 Å². The second-order valence-electron chi connectivity index (χ2n) is 4.63. The van der Waals surface area contributed by atoms with Crippen LogP contribution in [0.2, 0.25) is 0 Å². The zero-order valence-corrected chi connectivity index (χ0v) is 9.87. The Hall–Kier alpha value is -1.64. The summed E-state index contributed by atoms with van der Waals surface area (Å²) >= 11 is 0. The summed E-state index contributed by atoms with van der Waals surface area (Å²) in [4.78, 5) is 19.1. The van der Waals surface area contributed by atoms with Gasteiger partial charge in [-0.25, -0.2) is 4.98 Å². The molecule has 0 aliphatic carbocycles. The Balaban J connectivity index is 2.59. The lowest BCUT2D eigenvalue weighted by Gasteiger charge is -2.05. The fourth-order valence-corrected chi connectivity index (χ4v) is 1.78. The van der Waals surface area contributed by atoms with Gasteiger partial charge in [-0.2, -0.15) is 0 Å². The molecule has 0 saturated carbocycles. The minimum Gasteiger partial charge on any atom is -0.310 e. The molecule has 84 valence electrons. The van der Waals surface area contributed by atoms with Crippen molar-refractivity contribution in [3.63, 3.8) is 0 Å². The van der Waals surface area contributed by atoms with Crippen molar-refractivity contribution >= 4 is 10.9 Å². The number of aryl methyl sites for hydroxylation is 1. The van der Waals surface area contributed by atoms with Crippen LogP contribution in [0.1, 0.15) is 25.2 Å². The number of rotatable bonds is 2. The molecule has 2 aromatic rings. The van der Waals surface area contributed by atoms with Gasteiger partial charge >= 0.3 is 0 Å². The lowest BCUT2D eigenvalue weighted by molar-refractivity contribution is 0.621. The number of nitrogens with one attached hydrogen (secondary N) is 1. The highest BCUT2D eigenvalue weighted by atomic mass is 16.1. The Morgan fingerprint density at radius 2 is 2.12 bits per heavy atom. The van der Waals surface area contributed by atoms with Crippen LogP contribution in [0.3, 0.4) is 0 Å². The molecule has 3 nitrogen and oxygen atoms in total. The van der Waals surface area contributed by atoms with Gasteiger partial charge < -0.3 is 4.98 Å². The van der Waals surface area contributed by atoms with Gasteiger partial charge in [0, 0.05) is 6.42 Å². The molecule has 1 N–H and O–H groups in total. The molecule has 0 saturated heterocycles.